The highest BCUT2D eigenvalue weighted by atomic mass is 19.3. The Balaban J connectivity index is 1.82. The van der Waals surface area contributed by atoms with E-state index in [0.29, 0.717) is 17.6 Å². The minimum atomic E-state index is -2.84. The number of halogens is 2. The first kappa shape index (κ1) is 16.2. The van der Waals surface area contributed by atoms with Gasteiger partial charge in [-0.3, -0.25) is 4.79 Å². The second-order valence-electron chi connectivity index (χ2n) is 5.47. The minimum absolute atomic E-state index is 0.00758. The van der Waals surface area contributed by atoms with Gasteiger partial charge in [0.1, 0.15) is 11.5 Å². The molecule has 0 aromatic heterocycles. The average Bonchev–Trinajstić information content (AvgIpc) is 2.58. The molecule has 0 saturated carbocycles. The van der Waals surface area contributed by atoms with E-state index in [-0.39, 0.29) is 11.5 Å². The standard InChI is InChI=1S/C19H16F2O3/c1-23-16-8-9-17-13(11-16)4-5-14(18(17)22)10-12-2-6-15(7-3-12)24-19(20)21/h2-3,6-11,19H,4-5H2,1H3/b14-10+. The Kier molecular flexibility index (Phi) is 4.60. The van der Waals surface area contributed by atoms with Crippen molar-refractivity contribution in [2.75, 3.05) is 7.11 Å². The molecule has 0 atom stereocenters. The zero-order chi connectivity index (χ0) is 17.1. The number of hydrogen-bond donors (Lipinski definition) is 0. The normalized spacial score (nSPS) is 15.5. The van der Waals surface area contributed by atoms with Crippen molar-refractivity contribution in [2.24, 2.45) is 0 Å². The van der Waals surface area contributed by atoms with E-state index in [9.17, 15) is 13.6 Å². The molecule has 0 N–H and O–H groups in total. The molecule has 0 radical (unpaired) electrons. The number of rotatable bonds is 4. The zero-order valence-electron chi connectivity index (χ0n) is 13.1. The molecular formula is C19H16F2O3. The molecule has 24 heavy (non-hydrogen) atoms. The second kappa shape index (κ2) is 6.83. The third kappa shape index (κ3) is 3.45. The third-order valence-corrected chi connectivity index (χ3v) is 3.96. The van der Waals surface area contributed by atoms with Crippen molar-refractivity contribution >= 4 is 11.9 Å². The average molecular weight is 330 g/mol. The number of allylic oxidation sites excluding steroid dienone is 1. The number of ether oxygens (including phenoxy) is 2. The van der Waals surface area contributed by atoms with Gasteiger partial charge in [-0.1, -0.05) is 12.1 Å². The molecule has 2 aromatic rings. The number of fused-ring (bicyclic) bond motifs is 1. The monoisotopic (exact) mass is 330 g/mol. The molecule has 0 fully saturated rings. The summed E-state index contributed by atoms with van der Waals surface area (Å²) in [4.78, 5) is 12.6. The van der Waals surface area contributed by atoms with Gasteiger partial charge >= 0.3 is 6.61 Å². The molecule has 5 heteroatoms. The van der Waals surface area contributed by atoms with Crippen LogP contribution in [0.5, 0.6) is 11.5 Å². The number of carbonyl (C=O) groups excluding carboxylic acids is 1. The van der Waals surface area contributed by atoms with Gasteiger partial charge in [0.15, 0.2) is 5.78 Å². The SMILES string of the molecule is COc1ccc2c(c1)CC/C(=C\c1ccc(OC(F)F)cc1)C2=O. The molecular weight excluding hydrogens is 314 g/mol. The highest BCUT2D eigenvalue weighted by molar-refractivity contribution is 6.13. The van der Waals surface area contributed by atoms with Crippen LogP contribution in [-0.4, -0.2) is 19.5 Å². The number of methoxy groups -OCH3 is 1. The lowest BCUT2D eigenvalue weighted by atomic mass is 9.86. The Labute approximate surface area is 138 Å². The van der Waals surface area contributed by atoms with Gasteiger partial charge in [0.25, 0.3) is 0 Å². The van der Waals surface area contributed by atoms with Gasteiger partial charge < -0.3 is 9.47 Å². The fourth-order valence-corrected chi connectivity index (χ4v) is 2.77. The molecule has 0 saturated heterocycles. The Morgan fingerprint density at radius 1 is 1.04 bits per heavy atom. The summed E-state index contributed by atoms with van der Waals surface area (Å²) in [5, 5.41) is 0. The van der Waals surface area contributed by atoms with Crippen LogP contribution in [0.1, 0.15) is 27.9 Å². The van der Waals surface area contributed by atoms with Gasteiger partial charge in [-0.15, -0.1) is 0 Å². The molecule has 124 valence electrons. The zero-order valence-corrected chi connectivity index (χ0v) is 13.1. The number of ketones is 1. The first-order valence-electron chi connectivity index (χ1n) is 7.54. The van der Waals surface area contributed by atoms with Crippen LogP contribution in [-0.2, 0) is 6.42 Å². The summed E-state index contributed by atoms with van der Waals surface area (Å²) >= 11 is 0. The van der Waals surface area contributed by atoms with Crippen LogP contribution in [0.2, 0.25) is 0 Å². The molecule has 0 bridgehead atoms. The molecule has 1 aliphatic carbocycles. The van der Waals surface area contributed by atoms with Crippen molar-refractivity contribution < 1.29 is 23.0 Å². The summed E-state index contributed by atoms with van der Waals surface area (Å²) in [6, 6.07) is 11.7. The van der Waals surface area contributed by atoms with Gasteiger partial charge in [-0.25, -0.2) is 0 Å². The van der Waals surface area contributed by atoms with E-state index < -0.39 is 6.61 Å². The van der Waals surface area contributed by atoms with Crippen LogP contribution in [0.3, 0.4) is 0 Å². The van der Waals surface area contributed by atoms with Crippen molar-refractivity contribution in [3.63, 3.8) is 0 Å². The summed E-state index contributed by atoms with van der Waals surface area (Å²) in [6.07, 6.45) is 3.19. The summed E-state index contributed by atoms with van der Waals surface area (Å²) in [5.74, 6) is 0.829. The van der Waals surface area contributed by atoms with Crippen LogP contribution in [0.25, 0.3) is 6.08 Å². The number of alkyl halides is 2. The van der Waals surface area contributed by atoms with Crippen molar-refractivity contribution in [1.82, 2.24) is 0 Å². The lowest BCUT2D eigenvalue weighted by Crippen LogP contribution is -2.14. The number of benzene rings is 2. The second-order valence-corrected chi connectivity index (χ2v) is 5.47. The molecule has 3 nitrogen and oxygen atoms in total. The number of carbonyl (C=O) groups is 1. The molecule has 0 heterocycles. The van der Waals surface area contributed by atoms with E-state index in [0.717, 1.165) is 23.3 Å². The molecule has 2 aromatic carbocycles. The first-order valence-corrected chi connectivity index (χ1v) is 7.54. The van der Waals surface area contributed by atoms with Crippen molar-refractivity contribution in [2.45, 2.75) is 19.5 Å². The third-order valence-electron chi connectivity index (χ3n) is 3.96. The predicted octanol–water partition coefficient (Wildman–Crippen LogP) is 4.51. The van der Waals surface area contributed by atoms with Crippen LogP contribution in [0.4, 0.5) is 8.78 Å². The lowest BCUT2D eigenvalue weighted by molar-refractivity contribution is -0.0498. The first-order chi connectivity index (χ1) is 11.6. The van der Waals surface area contributed by atoms with Crippen molar-refractivity contribution in [1.29, 1.82) is 0 Å². The Morgan fingerprint density at radius 2 is 1.75 bits per heavy atom. The molecule has 0 aliphatic heterocycles. The van der Waals surface area contributed by atoms with Crippen LogP contribution >= 0.6 is 0 Å². The van der Waals surface area contributed by atoms with E-state index >= 15 is 0 Å². The predicted molar refractivity (Wildman–Crippen MR) is 86.7 cm³/mol. The van der Waals surface area contributed by atoms with Gasteiger partial charge in [-0.2, -0.15) is 8.78 Å². The topological polar surface area (TPSA) is 35.5 Å². The van der Waals surface area contributed by atoms with Crippen LogP contribution < -0.4 is 9.47 Å². The molecule has 1 aliphatic rings. The Morgan fingerprint density at radius 3 is 2.42 bits per heavy atom. The summed E-state index contributed by atoms with van der Waals surface area (Å²) in [5.41, 5.74) is 3.15. The van der Waals surface area contributed by atoms with Crippen molar-refractivity contribution in [3.05, 3.63) is 64.7 Å². The Bertz CT molecular complexity index is 780. The van der Waals surface area contributed by atoms with Crippen LogP contribution in [0.15, 0.2) is 48.0 Å². The maximum absolute atomic E-state index is 12.6. The number of Topliss-reactive ketones (excluding diaryl/α,β-unsaturated/α-hetero) is 1. The maximum Gasteiger partial charge on any atom is 0.387 e. The molecule has 3 rings (SSSR count). The molecule has 0 amide bonds. The lowest BCUT2D eigenvalue weighted by Gasteiger charge is -2.18. The fraction of sp³-hybridized carbons (Fsp3) is 0.211. The van der Waals surface area contributed by atoms with Gasteiger partial charge in [0, 0.05) is 11.1 Å². The summed E-state index contributed by atoms with van der Waals surface area (Å²) in [7, 11) is 1.60. The summed E-state index contributed by atoms with van der Waals surface area (Å²) < 4.78 is 33.8. The smallest absolute Gasteiger partial charge is 0.387 e. The van der Waals surface area contributed by atoms with E-state index in [4.69, 9.17) is 4.74 Å². The largest absolute Gasteiger partial charge is 0.497 e. The van der Waals surface area contributed by atoms with E-state index in [2.05, 4.69) is 4.74 Å². The quantitative estimate of drug-likeness (QED) is 0.774. The van der Waals surface area contributed by atoms with E-state index in [1.165, 1.54) is 12.1 Å². The molecule has 0 unspecified atom stereocenters. The highest BCUT2D eigenvalue weighted by Crippen LogP contribution is 2.29. The van der Waals surface area contributed by atoms with Gasteiger partial charge in [-0.05, 0) is 60.4 Å². The van der Waals surface area contributed by atoms with Gasteiger partial charge in [0.05, 0.1) is 7.11 Å². The number of hydrogen-bond acceptors (Lipinski definition) is 3. The van der Waals surface area contributed by atoms with Crippen molar-refractivity contribution in [3.8, 4) is 11.5 Å². The van der Waals surface area contributed by atoms with Gasteiger partial charge in [0.2, 0.25) is 0 Å². The van der Waals surface area contributed by atoms with Crippen LogP contribution in [0, 0.1) is 0 Å². The number of aryl methyl sites for hydroxylation is 1. The Hall–Kier alpha value is -2.69. The van der Waals surface area contributed by atoms with E-state index in [1.807, 2.05) is 6.07 Å². The highest BCUT2D eigenvalue weighted by Gasteiger charge is 2.22. The minimum Gasteiger partial charge on any atom is -0.497 e. The molecule has 0 spiro atoms. The fourth-order valence-electron chi connectivity index (χ4n) is 2.77. The van der Waals surface area contributed by atoms with E-state index in [1.54, 1.807) is 37.5 Å². The maximum atomic E-state index is 12.6. The summed E-state index contributed by atoms with van der Waals surface area (Å²) in [6.45, 7) is -2.84.